The number of ether oxygens (including phenoxy) is 1. The van der Waals surface area contributed by atoms with Crippen molar-refractivity contribution >= 4 is 11.9 Å². The van der Waals surface area contributed by atoms with Crippen molar-refractivity contribution < 1.29 is 19.4 Å². The number of hydrogen-bond donors (Lipinski definition) is 2. The Hall–Kier alpha value is -1.10. The van der Waals surface area contributed by atoms with E-state index in [1.807, 2.05) is 13.8 Å². The smallest absolute Gasteiger partial charge is 0.338 e. The Balaban J connectivity index is 5.16. The molecular formula is C12H23NO4. The van der Waals surface area contributed by atoms with Crippen molar-refractivity contribution in [1.82, 2.24) is 5.32 Å². The van der Waals surface area contributed by atoms with Crippen molar-refractivity contribution in [2.75, 3.05) is 7.05 Å². The van der Waals surface area contributed by atoms with E-state index in [0.29, 0.717) is 0 Å². The molecule has 0 unspecified atom stereocenters. The summed E-state index contributed by atoms with van der Waals surface area (Å²) in [7, 11) is 1.46. The van der Waals surface area contributed by atoms with Gasteiger partial charge in [0, 0.05) is 0 Å². The number of rotatable bonds is 5. The van der Waals surface area contributed by atoms with E-state index in [4.69, 9.17) is 4.74 Å². The standard InChI is InChI=1S/C12H23NO4/c1-8(2)7-12(13-6,9(14)15)10(16)17-11(3,4)5/h8,13H,7H2,1-6H3,(H,14,15)/t12-/m0/s1. The molecule has 0 aromatic carbocycles. The molecule has 0 aromatic heterocycles. The first-order chi connectivity index (χ1) is 7.55. The maximum absolute atomic E-state index is 12.0. The number of aliphatic carboxylic acids is 1. The van der Waals surface area contributed by atoms with Gasteiger partial charge in [-0.1, -0.05) is 13.8 Å². The van der Waals surface area contributed by atoms with E-state index < -0.39 is 23.1 Å². The molecule has 0 rings (SSSR count). The summed E-state index contributed by atoms with van der Waals surface area (Å²) in [5.41, 5.74) is -2.37. The van der Waals surface area contributed by atoms with Crippen molar-refractivity contribution in [3.05, 3.63) is 0 Å². The van der Waals surface area contributed by atoms with Crippen LogP contribution in [0.15, 0.2) is 0 Å². The summed E-state index contributed by atoms with van der Waals surface area (Å²) in [6.07, 6.45) is 0.188. The van der Waals surface area contributed by atoms with Crippen LogP contribution >= 0.6 is 0 Å². The van der Waals surface area contributed by atoms with Gasteiger partial charge in [-0.3, -0.25) is 5.32 Å². The molecule has 100 valence electrons. The van der Waals surface area contributed by atoms with Gasteiger partial charge >= 0.3 is 11.9 Å². The number of esters is 1. The molecule has 0 radical (unpaired) electrons. The molecule has 0 saturated heterocycles. The molecule has 0 aliphatic rings. The number of hydrogen-bond acceptors (Lipinski definition) is 4. The molecule has 0 aromatic rings. The largest absolute Gasteiger partial charge is 0.479 e. The fourth-order valence-corrected chi connectivity index (χ4v) is 1.55. The molecule has 1 atom stereocenters. The van der Waals surface area contributed by atoms with E-state index in [9.17, 15) is 14.7 Å². The molecule has 5 nitrogen and oxygen atoms in total. The van der Waals surface area contributed by atoms with E-state index in [1.54, 1.807) is 20.8 Å². The zero-order valence-electron chi connectivity index (χ0n) is 11.5. The molecule has 0 bridgehead atoms. The number of nitrogens with one attached hydrogen (secondary N) is 1. The van der Waals surface area contributed by atoms with Crippen molar-refractivity contribution in [3.63, 3.8) is 0 Å². The highest BCUT2D eigenvalue weighted by atomic mass is 16.6. The number of carboxylic acids is 1. The Morgan fingerprint density at radius 2 is 1.76 bits per heavy atom. The second-order valence-corrected chi connectivity index (χ2v) is 5.56. The predicted octanol–water partition coefficient (Wildman–Crippen LogP) is 1.42. The number of carbonyl (C=O) groups excluding carboxylic acids is 1. The Morgan fingerprint density at radius 1 is 1.29 bits per heavy atom. The Kier molecular flexibility index (Phi) is 5.13. The average molecular weight is 245 g/mol. The van der Waals surface area contributed by atoms with E-state index in [1.165, 1.54) is 7.05 Å². The molecule has 0 aliphatic carbocycles. The van der Waals surface area contributed by atoms with Crippen LogP contribution < -0.4 is 5.32 Å². The van der Waals surface area contributed by atoms with Crippen LogP contribution in [0, 0.1) is 5.92 Å². The van der Waals surface area contributed by atoms with Crippen LogP contribution in [0.5, 0.6) is 0 Å². The fourth-order valence-electron chi connectivity index (χ4n) is 1.55. The normalized spacial score (nSPS) is 15.5. The monoisotopic (exact) mass is 245 g/mol. The van der Waals surface area contributed by atoms with Gasteiger partial charge in [-0.05, 0) is 40.2 Å². The van der Waals surface area contributed by atoms with Gasteiger partial charge in [0.2, 0.25) is 5.54 Å². The van der Waals surface area contributed by atoms with Gasteiger partial charge in [0.1, 0.15) is 5.60 Å². The quantitative estimate of drug-likeness (QED) is 0.566. The lowest BCUT2D eigenvalue weighted by Gasteiger charge is -2.31. The second-order valence-electron chi connectivity index (χ2n) is 5.56. The van der Waals surface area contributed by atoms with Gasteiger partial charge in [0.25, 0.3) is 0 Å². The molecule has 17 heavy (non-hydrogen) atoms. The third-order valence-corrected chi connectivity index (χ3v) is 2.25. The first-order valence-electron chi connectivity index (χ1n) is 5.71. The average Bonchev–Trinajstić information content (AvgIpc) is 2.10. The molecule has 0 amide bonds. The molecule has 0 aliphatic heterocycles. The van der Waals surface area contributed by atoms with Crippen molar-refractivity contribution in [1.29, 1.82) is 0 Å². The lowest BCUT2D eigenvalue weighted by atomic mass is 9.88. The van der Waals surface area contributed by atoms with Crippen LogP contribution in [-0.2, 0) is 14.3 Å². The van der Waals surface area contributed by atoms with Crippen LogP contribution in [0.3, 0.4) is 0 Å². The van der Waals surface area contributed by atoms with Crippen molar-refractivity contribution in [3.8, 4) is 0 Å². The van der Waals surface area contributed by atoms with Gasteiger partial charge < -0.3 is 9.84 Å². The van der Waals surface area contributed by atoms with Gasteiger partial charge in [-0.15, -0.1) is 0 Å². The predicted molar refractivity (Wildman–Crippen MR) is 64.7 cm³/mol. The first kappa shape index (κ1) is 15.9. The highest BCUT2D eigenvalue weighted by Crippen LogP contribution is 2.22. The molecule has 0 fully saturated rings. The minimum atomic E-state index is -1.67. The van der Waals surface area contributed by atoms with E-state index in [2.05, 4.69) is 5.32 Å². The van der Waals surface area contributed by atoms with Crippen molar-refractivity contribution in [2.24, 2.45) is 5.92 Å². The molecule has 5 heteroatoms. The summed E-state index contributed by atoms with van der Waals surface area (Å²) in [5, 5.41) is 11.9. The highest BCUT2D eigenvalue weighted by molar-refractivity contribution is 6.04. The van der Waals surface area contributed by atoms with Crippen LogP contribution in [0.1, 0.15) is 41.0 Å². The molecule has 0 saturated carbocycles. The SMILES string of the molecule is CN[C@@](CC(C)C)(C(=O)O)C(=O)OC(C)(C)C. The van der Waals surface area contributed by atoms with Crippen molar-refractivity contribution in [2.45, 2.75) is 52.2 Å². The summed E-state index contributed by atoms with van der Waals surface area (Å²) in [5.74, 6) is -1.89. The van der Waals surface area contributed by atoms with Crippen LogP contribution in [-0.4, -0.2) is 35.2 Å². The second kappa shape index (κ2) is 5.49. The maximum atomic E-state index is 12.0. The number of carbonyl (C=O) groups is 2. The topological polar surface area (TPSA) is 75.6 Å². The molecule has 0 spiro atoms. The Labute approximate surface area is 103 Å². The van der Waals surface area contributed by atoms with Gasteiger partial charge in [0.05, 0.1) is 0 Å². The Morgan fingerprint density at radius 3 is 2.00 bits per heavy atom. The van der Waals surface area contributed by atoms with Crippen LogP contribution in [0.4, 0.5) is 0 Å². The third-order valence-electron chi connectivity index (χ3n) is 2.25. The summed E-state index contributed by atoms with van der Waals surface area (Å²) in [6, 6.07) is 0. The lowest BCUT2D eigenvalue weighted by Crippen LogP contribution is -2.59. The molecular weight excluding hydrogens is 222 g/mol. The lowest BCUT2D eigenvalue weighted by molar-refractivity contribution is -0.172. The van der Waals surface area contributed by atoms with Gasteiger partial charge in [-0.2, -0.15) is 0 Å². The third kappa shape index (κ3) is 4.34. The zero-order valence-corrected chi connectivity index (χ0v) is 11.5. The van der Waals surface area contributed by atoms with E-state index in [0.717, 1.165) is 0 Å². The van der Waals surface area contributed by atoms with Gasteiger partial charge in [-0.25, -0.2) is 9.59 Å². The summed E-state index contributed by atoms with van der Waals surface area (Å²) in [4.78, 5) is 23.4. The van der Waals surface area contributed by atoms with Crippen LogP contribution in [0.25, 0.3) is 0 Å². The van der Waals surface area contributed by atoms with Crippen LogP contribution in [0.2, 0.25) is 0 Å². The highest BCUT2D eigenvalue weighted by Gasteiger charge is 2.48. The maximum Gasteiger partial charge on any atom is 0.338 e. The van der Waals surface area contributed by atoms with E-state index >= 15 is 0 Å². The van der Waals surface area contributed by atoms with Gasteiger partial charge in [0.15, 0.2) is 0 Å². The minimum Gasteiger partial charge on any atom is -0.479 e. The Bertz CT molecular complexity index is 293. The number of likely N-dealkylation sites (N-methyl/N-ethyl adjacent to an activating group) is 1. The van der Waals surface area contributed by atoms with E-state index in [-0.39, 0.29) is 12.3 Å². The molecule has 0 heterocycles. The number of carboxylic acid groups (broad SMARTS) is 1. The summed E-state index contributed by atoms with van der Waals surface area (Å²) >= 11 is 0. The molecule has 2 N–H and O–H groups in total. The fraction of sp³-hybridized carbons (Fsp3) is 0.833. The minimum absolute atomic E-state index is 0.0612. The summed E-state index contributed by atoms with van der Waals surface area (Å²) in [6.45, 7) is 8.85. The first-order valence-corrected chi connectivity index (χ1v) is 5.71. The zero-order chi connectivity index (χ0) is 13.9. The summed E-state index contributed by atoms with van der Waals surface area (Å²) < 4.78 is 5.17.